The standard InChI is InChI=1S/C19H26N2O/c1-19(2)12-14-8-9-15(20)10-16(14)17(21-19)11-18(22)13-6-4-3-5-7-13/h8-11,13,21H,3-7,12,20H2,1-2H3. The van der Waals surface area contributed by atoms with Crippen LogP contribution in [0.5, 0.6) is 0 Å². The summed E-state index contributed by atoms with van der Waals surface area (Å²) < 4.78 is 0. The van der Waals surface area contributed by atoms with Crippen LogP contribution >= 0.6 is 0 Å². The van der Waals surface area contributed by atoms with Gasteiger partial charge in [0.2, 0.25) is 0 Å². The monoisotopic (exact) mass is 298 g/mol. The van der Waals surface area contributed by atoms with E-state index in [1.54, 1.807) is 0 Å². The lowest BCUT2D eigenvalue weighted by molar-refractivity contribution is -0.119. The van der Waals surface area contributed by atoms with E-state index in [1.165, 1.54) is 24.8 Å². The lowest BCUT2D eigenvalue weighted by Gasteiger charge is -2.36. The van der Waals surface area contributed by atoms with Crippen LogP contribution in [-0.2, 0) is 11.2 Å². The number of carbonyl (C=O) groups excluding carboxylic acids is 1. The molecule has 0 atom stereocenters. The molecule has 0 amide bonds. The molecule has 1 fully saturated rings. The highest BCUT2D eigenvalue weighted by atomic mass is 16.1. The van der Waals surface area contributed by atoms with Crippen LogP contribution in [0.4, 0.5) is 5.69 Å². The van der Waals surface area contributed by atoms with Gasteiger partial charge in [0.25, 0.3) is 0 Å². The van der Waals surface area contributed by atoms with E-state index in [-0.39, 0.29) is 17.2 Å². The molecule has 1 aromatic rings. The molecule has 3 rings (SSSR count). The summed E-state index contributed by atoms with van der Waals surface area (Å²) in [6.07, 6.45) is 8.48. The molecule has 3 heteroatoms. The molecule has 22 heavy (non-hydrogen) atoms. The van der Waals surface area contributed by atoms with Crippen molar-refractivity contribution in [3.8, 4) is 0 Å². The lowest BCUT2D eigenvalue weighted by Crippen LogP contribution is -2.44. The Morgan fingerprint density at radius 3 is 2.73 bits per heavy atom. The number of hydrogen-bond acceptors (Lipinski definition) is 3. The van der Waals surface area contributed by atoms with Crippen LogP contribution in [0.2, 0.25) is 0 Å². The van der Waals surface area contributed by atoms with Crippen LogP contribution in [0.3, 0.4) is 0 Å². The number of rotatable bonds is 2. The first kappa shape index (κ1) is 15.1. The molecule has 3 nitrogen and oxygen atoms in total. The molecule has 1 heterocycles. The third-order valence-corrected chi connectivity index (χ3v) is 4.82. The molecule has 118 valence electrons. The molecule has 0 unspecified atom stereocenters. The van der Waals surface area contributed by atoms with Crippen molar-refractivity contribution in [2.75, 3.05) is 5.73 Å². The number of hydrogen-bond donors (Lipinski definition) is 2. The van der Waals surface area contributed by atoms with Gasteiger partial charge in [-0.05, 0) is 50.8 Å². The highest BCUT2D eigenvalue weighted by Crippen LogP contribution is 2.32. The third-order valence-electron chi connectivity index (χ3n) is 4.82. The average Bonchev–Trinajstić information content (AvgIpc) is 2.48. The summed E-state index contributed by atoms with van der Waals surface area (Å²) >= 11 is 0. The molecule has 1 aliphatic heterocycles. The van der Waals surface area contributed by atoms with Gasteiger partial charge in [-0.3, -0.25) is 4.79 Å². The van der Waals surface area contributed by atoms with Crippen LogP contribution in [0, 0.1) is 5.92 Å². The number of allylic oxidation sites excluding steroid dienone is 1. The zero-order chi connectivity index (χ0) is 15.7. The first-order valence-electron chi connectivity index (χ1n) is 8.37. The van der Waals surface area contributed by atoms with Crippen molar-refractivity contribution >= 4 is 17.2 Å². The molecule has 0 saturated heterocycles. The van der Waals surface area contributed by atoms with E-state index in [4.69, 9.17) is 5.73 Å². The normalized spacial score (nSPS) is 22.9. The second-order valence-corrected chi connectivity index (χ2v) is 7.40. The minimum Gasteiger partial charge on any atom is -0.399 e. The second-order valence-electron chi connectivity index (χ2n) is 7.40. The summed E-state index contributed by atoms with van der Waals surface area (Å²) in [4.78, 5) is 12.6. The van der Waals surface area contributed by atoms with E-state index >= 15 is 0 Å². The molecule has 1 aromatic carbocycles. The molecule has 1 aliphatic carbocycles. The first-order chi connectivity index (χ1) is 10.4. The van der Waals surface area contributed by atoms with Crippen LogP contribution in [-0.4, -0.2) is 11.3 Å². The zero-order valence-electron chi connectivity index (χ0n) is 13.6. The quantitative estimate of drug-likeness (QED) is 0.647. The van der Waals surface area contributed by atoms with Gasteiger partial charge in [0.05, 0.1) is 0 Å². The maximum atomic E-state index is 12.6. The fraction of sp³-hybridized carbons (Fsp3) is 0.526. The number of nitrogens with two attached hydrogens (primary N) is 1. The maximum absolute atomic E-state index is 12.6. The Hall–Kier alpha value is -1.77. The molecule has 0 radical (unpaired) electrons. The SMILES string of the molecule is CC1(C)Cc2ccc(N)cc2C(=CC(=O)C2CCCCC2)N1. The van der Waals surface area contributed by atoms with Crippen molar-refractivity contribution < 1.29 is 4.79 Å². The molecular formula is C19H26N2O. The number of ketones is 1. The number of carbonyl (C=O) groups is 1. The van der Waals surface area contributed by atoms with Gasteiger partial charge in [-0.2, -0.15) is 0 Å². The van der Waals surface area contributed by atoms with E-state index in [0.717, 1.165) is 36.2 Å². The van der Waals surface area contributed by atoms with E-state index < -0.39 is 0 Å². The predicted molar refractivity (Wildman–Crippen MR) is 91.3 cm³/mol. The summed E-state index contributed by atoms with van der Waals surface area (Å²) in [5.41, 5.74) is 9.94. The highest BCUT2D eigenvalue weighted by molar-refractivity contribution is 5.98. The van der Waals surface area contributed by atoms with Crippen molar-refractivity contribution in [1.82, 2.24) is 5.32 Å². The minimum absolute atomic E-state index is 0.0399. The molecular weight excluding hydrogens is 272 g/mol. The summed E-state index contributed by atoms with van der Waals surface area (Å²) in [5.74, 6) is 0.478. The topological polar surface area (TPSA) is 55.1 Å². The minimum atomic E-state index is -0.0399. The molecule has 0 aromatic heterocycles. The van der Waals surface area contributed by atoms with E-state index in [9.17, 15) is 4.79 Å². The Kier molecular flexibility index (Phi) is 3.98. The van der Waals surface area contributed by atoms with Gasteiger partial charge in [-0.25, -0.2) is 0 Å². The summed E-state index contributed by atoms with van der Waals surface area (Å²) in [6, 6.07) is 6.02. The summed E-state index contributed by atoms with van der Waals surface area (Å²) in [5, 5.41) is 3.53. The number of nitrogen functional groups attached to an aromatic ring is 1. The van der Waals surface area contributed by atoms with Crippen molar-refractivity contribution in [3.05, 3.63) is 35.4 Å². The average molecular weight is 298 g/mol. The molecule has 1 saturated carbocycles. The van der Waals surface area contributed by atoms with Crippen LogP contribution in [0.1, 0.15) is 57.1 Å². The van der Waals surface area contributed by atoms with Crippen molar-refractivity contribution in [3.63, 3.8) is 0 Å². The smallest absolute Gasteiger partial charge is 0.160 e. The second kappa shape index (κ2) is 5.79. The number of benzene rings is 1. The van der Waals surface area contributed by atoms with Gasteiger partial charge in [0.15, 0.2) is 5.78 Å². The van der Waals surface area contributed by atoms with Crippen molar-refractivity contribution in [1.29, 1.82) is 0 Å². The van der Waals surface area contributed by atoms with Crippen LogP contribution in [0.15, 0.2) is 24.3 Å². The fourth-order valence-electron chi connectivity index (χ4n) is 3.71. The predicted octanol–water partition coefficient (Wildman–Crippen LogP) is 3.68. The first-order valence-corrected chi connectivity index (χ1v) is 8.37. The van der Waals surface area contributed by atoms with Gasteiger partial charge in [0.1, 0.15) is 0 Å². The fourth-order valence-corrected chi connectivity index (χ4v) is 3.71. The molecule has 0 bridgehead atoms. The number of nitrogens with one attached hydrogen (secondary N) is 1. The van der Waals surface area contributed by atoms with Gasteiger partial charge in [-0.1, -0.05) is 25.3 Å². The maximum Gasteiger partial charge on any atom is 0.160 e. The lowest BCUT2D eigenvalue weighted by atomic mass is 9.83. The summed E-state index contributed by atoms with van der Waals surface area (Å²) in [7, 11) is 0. The molecule has 2 aliphatic rings. The van der Waals surface area contributed by atoms with Gasteiger partial charge in [0, 0.05) is 34.5 Å². The Balaban J connectivity index is 1.93. The molecule has 3 N–H and O–H groups in total. The van der Waals surface area contributed by atoms with E-state index in [2.05, 4.69) is 25.2 Å². The van der Waals surface area contributed by atoms with Gasteiger partial charge >= 0.3 is 0 Å². The van der Waals surface area contributed by atoms with Gasteiger partial charge < -0.3 is 11.1 Å². The number of fused-ring (bicyclic) bond motifs is 1. The zero-order valence-corrected chi connectivity index (χ0v) is 13.6. The Bertz CT molecular complexity index is 610. The Labute approximate surface area is 133 Å². The van der Waals surface area contributed by atoms with Crippen molar-refractivity contribution in [2.45, 2.75) is 57.9 Å². The van der Waals surface area contributed by atoms with Gasteiger partial charge in [-0.15, -0.1) is 0 Å². The third kappa shape index (κ3) is 3.18. The largest absolute Gasteiger partial charge is 0.399 e. The van der Waals surface area contributed by atoms with Crippen LogP contribution < -0.4 is 11.1 Å². The van der Waals surface area contributed by atoms with Crippen molar-refractivity contribution in [2.24, 2.45) is 5.92 Å². The summed E-state index contributed by atoms with van der Waals surface area (Å²) in [6.45, 7) is 4.34. The highest BCUT2D eigenvalue weighted by Gasteiger charge is 2.29. The molecule has 0 spiro atoms. The Morgan fingerprint density at radius 1 is 1.27 bits per heavy atom. The Morgan fingerprint density at radius 2 is 2.00 bits per heavy atom. The van der Waals surface area contributed by atoms with Crippen LogP contribution in [0.25, 0.3) is 5.70 Å². The number of anilines is 1. The van der Waals surface area contributed by atoms with E-state index in [0.29, 0.717) is 0 Å². The van der Waals surface area contributed by atoms with E-state index in [1.807, 2.05) is 18.2 Å².